The Balaban J connectivity index is 0.00000264. The van der Waals surface area contributed by atoms with E-state index in [0.717, 1.165) is 5.56 Å². The van der Waals surface area contributed by atoms with Gasteiger partial charge in [-0.25, -0.2) is 0 Å². The van der Waals surface area contributed by atoms with Crippen LogP contribution < -0.4 is 11.1 Å². The number of thiophene rings is 1. The van der Waals surface area contributed by atoms with Crippen LogP contribution in [0.2, 0.25) is 0 Å². The number of amides is 2. The lowest BCUT2D eigenvalue weighted by atomic mass is 10.1. The maximum Gasteiger partial charge on any atom is 0.264 e. The van der Waals surface area contributed by atoms with Crippen molar-refractivity contribution < 1.29 is 9.59 Å². The van der Waals surface area contributed by atoms with Gasteiger partial charge < -0.3 is 16.0 Å². The monoisotopic (exact) mass is 353 g/mol. The third-order valence-corrected chi connectivity index (χ3v) is 4.06. The fourth-order valence-electron chi connectivity index (χ4n) is 1.97. The highest BCUT2D eigenvalue weighted by molar-refractivity contribution is 7.12. The Labute approximate surface area is 145 Å². The Morgan fingerprint density at radius 1 is 1.22 bits per heavy atom. The second kappa shape index (κ2) is 9.29. The molecule has 0 aliphatic carbocycles. The van der Waals surface area contributed by atoms with Crippen molar-refractivity contribution in [3.8, 4) is 0 Å². The molecule has 1 atom stereocenters. The zero-order valence-corrected chi connectivity index (χ0v) is 14.4. The first-order valence-electron chi connectivity index (χ1n) is 6.94. The molecule has 0 saturated heterocycles. The second-order valence-electron chi connectivity index (χ2n) is 4.96. The van der Waals surface area contributed by atoms with Crippen LogP contribution in [0.5, 0.6) is 0 Å². The number of nitrogens with two attached hydrogens (primary N) is 1. The first-order valence-corrected chi connectivity index (χ1v) is 7.82. The minimum absolute atomic E-state index is 0. The first-order chi connectivity index (χ1) is 10.6. The number of likely N-dealkylation sites (N-methyl/N-ethyl adjacent to an activating group) is 1. The van der Waals surface area contributed by atoms with E-state index in [4.69, 9.17) is 5.73 Å². The van der Waals surface area contributed by atoms with Crippen LogP contribution in [-0.4, -0.2) is 36.9 Å². The van der Waals surface area contributed by atoms with Crippen molar-refractivity contribution in [3.05, 3.63) is 58.3 Å². The summed E-state index contributed by atoms with van der Waals surface area (Å²) in [4.78, 5) is 26.0. The van der Waals surface area contributed by atoms with Crippen LogP contribution in [0, 0.1) is 0 Å². The van der Waals surface area contributed by atoms with E-state index in [1.807, 2.05) is 41.8 Å². The van der Waals surface area contributed by atoms with Gasteiger partial charge in [-0.2, -0.15) is 0 Å². The van der Waals surface area contributed by atoms with Gasteiger partial charge in [0.1, 0.15) is 0 Å². The Morgan fingerprint density at radius 3 is 2.52 bits per heavy atom. The quantitative estimate of drug-likeness (QED) is 0.834. The van der Waals surface area contributed by atoms with Gasteiger partial charge in [-0.1, -0.05) is 36.4 Å². The number of nitrogens with zero attached hydrogens (tertiary/aromatic N) is 1. The highest BCUT2D eigenvalue weighted by Crippen LogP contribution is 2.11. The zero-order chi connectivity index (χ0) is 15.9. The molecule has 0 saturated carbocycles. The lowest BCUT2D eigenvalue weighted by Gasteiger charge is -2.17. The average Bonchev–Trinajstić information content (AvgIpc) is 3.07. The average molecular weight is 354 g/mol. The SMILES string of the molecule is CN(CC(=O)NCC(N)c1ccccc1)C(=O)c1cccs1.Cl. The predicted octanol–water partition coefficient (Wildman–Crippen LogP) is 2.06. The molecular formula is C16H20ClN3O2S. The standard InChI is InChI=1S/C16H19N3O2S.ClH/c1-19(16(21)14-8-5-9-22-14)11-15(20)18-10-13(17)12-6-3-2-4-7-12;/h2-9,13H,10-11,17H2,1H3,(H,18,20);1H. The lowest BCUT2D eigenvalue weighted by Crippen LogP contribution is -2.40. The van der Waals surface area contributed by atoms with E-state index < -0.39 is 0 Å². The molecule has 7 heteroatoms. The highest BCUT2D eigenvalue weighted by Gasteiger charge is 2.16. The summed E-state index contributed by atoms with van der Waals surface area (Å²) in [6.07, 6.45) is 0. The number of carbonyl (C=O) groups is 2. The molecule has 124 valence electrons. The van der Waals surface area contributed by atoms with Crippen molar-refractivity contribution >= 4 is 35.6 Å². The molecule has 0 radical (unpaired) electrons. The molecule has 3 N–H and O–H groups in total. The Bertz CT molecular complexity index is 620. The molecule has 0 aliphatic rings. The number of hydrogen-bond acceptors (Lipinski definition) is 4. The summed E-state index contributed by atoms with van der Waals surface area (Å²) in [7, 11) is 1.61. The van der Waals surface area contributed by atoms with E-state index in [2.05, 4.69) is 5.32 Å². The number of rotatable bonds is 6. The van der Waals surface area contributed by atoms with Gasteiger partial charge in [0.15, 0.2) is 0 Å². The molecule has 0 aliphatic heterocycles. The van der Waals surface area contributed by atoms with E-state index in [9.17, 15) is 9.59 Å². The first kappa shape index (κ1) is 19.2. The molecule has 5 nitrogen and oxygen atoms in total. The number of benzene rings is 1. The van der Waals surface area contributed by atoms with Crippen molar-refractivity contribution in [1.29, 1.82) is 0 Å². The minimum Gasteiger partial charge on any atom is -0.353 e. The van der Waals surface area contributed by atoms with E-state index in [1.165, 1.54) is 16.2 Å². The molecule has 2 amide bonds. The van der Waals surface area contributed by atoms with Gasteiger partial charge in [-0.3, -0.25) is 9.59 Å². The molecule has 0 spiro atoms. The Hall–Kier alpha value is -1.89. The zero-order valence-electron chi connectivity index (χ0n) is 12.8. The van der Waals surface area contributed by atoms with Crippen LogP contribution in [0.15, 0.2) is 47.8 Å². The topological polar surface area (TPSA) is 75.4 Å². The molecule has 1 unspecified atom stereocenters. The Morgan fingerprint density at radius 2 is 1.91 bits per heavy atom. The minimum atomic E-state index is -0.261. The van der Waals surface area contributed by atoms with E-state index in [0.29, 0.717) is 11.4 Å². The molecule has 0 fully saturated rings. The second-order valence-corrected chi connectivity index (χ2v) is 5.91. The van der Waals surface area contributed by atoms with Crippen molar-refractivity contribution in [2.45, 2.75) is 6.04 Å². The van der Waals surface area contributed by atoms with E-state index >= 15 is 0 Å². The third kappa shape index (κ3) is 5.67. The van der Waals surface area contributed by atoms with Gasteiger partial charge in [0.05, 0.1) is 11.4 Å². The van der Waals surface area contributed by atoms with Crippen LogP contribution >= 0.6 is 23.7 Å². The fourth-order valence-corrected chi connectivity index (χ4v) is 2.69. The largest absolute Gasteiger partial charge is 0.353 e. The fraction of sp³-hybridized carbons (Fsp3) is 0.250. The van der Waals surface area contributed by atoms with Crippen LogP contribution in [0.4, 0.5) is 0 Å². The van der Waals surface area contributed by atoms with E-state index in [1.54, 1.807) is 13.1 Å². The van der Waals surface area contributed by atoms with Crippen LogP contribution in [0.1, 0.15) is 21.3 Å². The number of carbonyl (C=O) groups excluding carboxylic acids is 2. The molecule has 2 aromatic rings. The van der Waals surface area contributed by atoms with E-state index in [-0.39, 0.29) is 36.8 Å². The van der Waals surface area contributed by atoms with Crippen LogP contribution in [0.3, 0.4) is 0 Å². The van der Waals surface area contributed by atoms with Crippen molar-refractivity contribution in [2.24, 2.45) is 5.73 Å². The van der Waals surface area contributed by atoms with Crippen molar-refractivity contribution in [2.75, 3.05) is 20.1 Å². The van der Waals surface area contributed by atoms with Gasteiger partial charge in [-0.05, 0) is 17.0 Å². The lowest BCUT2D eigenvalue weighted by molar-refractivity contribution is -0.121. The summed E-state index contributed by atoms with van der Waals surface area (Å²) in [5.41, 5.74) is 6.98. The summed E-state index contributed by atoms with van der Waals surface area (Å²) in [5, 5.41) is 4.59. The third-order valence-electron chi connectivity index (χ3n) is 3.21. The molecule has 1 aromatic carbocycles. The van der Waals surface area contributed by atoms with Crippen LogP contribution in [0.25, 0.3) is 0 Å². The highest BCUT2D eigenvalue weighted by atomic mass is 35.5. The maximum absolute atomic E-state index is 12.0. The normalized spacial score (nSPS) is 11.2. The molecular weight excluding hydrogens is 334 g/mol. The van der Waals surface area contributed by atoms with Crippen molar-refractivity contribution in [3.63, 3.8) is 0 Å². The molecule has 23 heavy (non-hydrogen) atoms. The summed E-state index contributed by atoms with van der Waals surface area (Å²) < 4.78 is 0. The molecule has 0 bridgehead atoms. The molecule has 2 rings (SSSR count). The maximum atomic E-state index is 12.0. The number of halogens is 1. The molecule has 1 heterocycles. The summed E-state index contributed by atoms with van der Waals surface area (Å²) in [6.45, 7) is 0.349. The van der Waals surface area contributed by atoms with Gasteiger partial charge >= 0.3 is 0 Å². The predicted molar refractivity (Wildman–Crippen MR) is 94.9 cm³/mol. The van der Waals surface area contributed by atoms with Gasteiger partial charge in [-0.15, -0.1) is 23.7 Å². The molecule has 1 aromatic heterocycles. The van der Waals surface area contributed by atoms with Gasteiger partial charge in [0, 0.05) is 19.6 Å². The summed E-state index contributed by atoms with van der Waals surface area (Å²) >= 11 is 1.36. The summed E-state index contributed by atoms with van der Waals surface area (Å²) in [6, 6.07) is 12.9. The number of hydrogen-bond donors (Lipinski definition) is 2. The summed E-state index contributed by atoms with van der Waals surface area (Å²) in [5.74, 6) is -0.378. The van der Waals surface area contributed by atoms with Gasteiger partial charge in [0.25, 0.3) is 5.91 Å². The van der Waals surface area contributed by atoms with Gasteiger partial charge in [0.2, 0.25) is 5.91 Å². The van der Waals surface area contributed by atoms with Crippen molar-refractivity contribution in [1.82, 2.24) is 10.2 Å². The van der Waals surface area contributed by atoms with Crippen LogP contribution in [-0.2, 0) is 4.79 Å². The number of nitrogens with one attached hydrogen (secondary N) is 1. The Kier molecular flexibility index (Phi) is 7.74. The smallest absolute Gasteiger partial charge is 0.264 e.